The third kappa shape index (κ3) is 10.9. The number of phosphoric acid groups is 2. The smallest absolute Gasteiger partial charge is 0.453 e. The summed E-state index contributed by atoms with van der Waals surface area (Å²) < 4.78 is 66.7. The zero-order chi connectivity index (χ0) is 42.2. The lowest BCUT2D eigenvalue weighted by molar-refractivity contribution is -0.168. The number of rotatable bonds is 16. The van der Waals surface area contributed by atoms with Crippen molar-refractivity contribution < 1.29 is 65.9 Å². The SMILES string of the molecule is CC(C)C[C@H](O[Si](C)(C)C(C)(C)C)C(=O)O[C@@H]1[C@H](O)[C@@H](COP(=O)(O)O[C@H]2C[C@H](n3ccc(N)nc3=O)O[C@@H]2COP(=O)(O)O)O[C@H]1n1cnc2c(N)ncnc21. The van der Waals surface area contributed by atoms with Gasteiger partial charge in [-0.05, 0) is 36.5 Å². The van der Waals surface area contributed by atoms with Crippen molar-refractivity contribution in [3.63, 3.8) is 0 Å². The fourth-order valence-corrected chi connectivity index (χ4v) is 8.50. The van der Waals surface area contributed by atoms with Crippen LogP contribution in [0.15, 0.2) is 29.7 Å². The monoisotopic (exact) mass is 864 g/mol. The average Bonchev–Trinajstić information content (AvgIpc) is 3.77. The molecule has 318 valence electrons. The molecule has 26 heteroatoms. The summed E-state index contributed by atoms with van der Waals surface area (Å²) in [7, 11) is -12.7. The number of nitrogens with two attached hydrogens (primary N) is 2. The molecule has 3 aromatic rings. The Labute approximate surface area is 327 Å². The third-order valence-corrected chi connectivity index (χ3v) is 15.8. The van der Waals surface area contributed by atoms with E-state index in [0.29, 0.717) is 6.42 Å². The standard InChI is InChI=1S/C31H50N8O15P2Si/c1-16(2)10-18(54-57(6,7)31(3,4)5)29(41)52-25-24(40)20(51-28(25)39-15-36-23-26(33)34-14-35-27(23)39)13-49-56(46,47)53-17-11-22(38-9-8-21(32)37-30(38)42)50-19(17)12-48-55(43,44)45/h8-9,14-20,22,24-25,28,40H,10-13H2,1-7H3,(H,46,47)(H2,32,37,42)(H2,33,34,35)(H2,43,44,45)/t17-,18-,19+,20+,22+,24+,25+,28+/m0/s1. The average molecular weight is 865 g/mol. The second-order valence-electron chi connectivity index (χ2n) is 15.6. The Bertz CT molecular complexity index is 2060. The molecule has 5 heterocycles. The Morgan fingerprint density at radius 3 is 2.37 bits per heavy atom. The van der Waals surface area contributed by atoms with Gasteiger partial charge >= 0.3 is 27.3 Å². The summed E-state index contributed by atoms with van der Waals surface area (Å²) >= 11 is 0. The Hall–Kier alpha value is -3.22. The number of aliphatic hydroxyl groups is 1. The van der Waals surface area contributed by atoms with E-state index in [-0.39, 0.29) is 40.2 Å². The normalized spacial score (nSPS) is 26.2. The first-order valence-electron chi connectivity index (χ1n) is 17.9. The fourth-order valence-electron chi connectivity index (χ4n) is 5.94. The number of fused-ring (bicyclic) bond motifs is 1. The van der Waals surface area contributed by atoms with E-state index < -0.39 is 97.9 Å². The van der Waals surface area contributed by atoms with Crippen molar-refractivity contribution in [1.82, 2.24) is 29.1 Å². The molecule has 2 aliphatic rings. The molecular weight excluding hydrogens is 814 g/mol. The Morgan fingerprint density at radius 2 is 1.74 bits per heavy atom. The summed E-state index contributed by atoms with van der Waals surface area (Å²) in [6.45, 7) is 12.3. The van der Waals surface area contributed by atoms with E-state index in [2.05, 4.69) is 24.5 Å². The van der Waals surface area contributed by atoms with Crippen LogP contribution in [0.1, 0.15) is 59.9 Å². The number of nitrogen functional groups attached to an aromatic ring is 2. The number of carbonyl (C=O) groups excluding carboxylic acids is 1. The van der Waals surface area contributed by atoms with Crippen molar-refractivity contribution in [2.45, 2.75) is 115 Å². The summed E-state index contributed by atoms with van der Waals surface area (Å²) in [6, 6.07) is 1.30. The number of esters is 1. The van der Waals surface area contributed by atoms with Crippen molar-refractivity contribution >= 4 is 52.7 Å². The van der Waals surface area contributed by atoms with Crippen LogP contribution < -0.4 is 17.2 Å². The van der Waals surface area contributed by atoms with Gasteiger partial charge in [-0.1, -0.05) is 34.6 Å². The van der Waals surface area contributed by atoms with Crippen LogP contribution in [0.2, 0.25) is 18.1 Å². The molecule has 0 aromatic carbocycles. The van der Waals surface area contributed by atoms with Gasteiger partial charge < -0.3 is 49.9 Å². The molecule has 2 aliphatic heterocycles. The highest BCUT2D eigenvalue weighted by atomic mass is 31.2. The number of phosphoric ester groups is 2. The third-order valence-electron chi connectivity index (χ3n) is 9.84. The van der Waals surface area contributed by atoms with Gasteiger partial charge in [0.1, 0.15) is 54.4 Å². The highest BCUT2D eigenvalue weighted by Crippen LogP contribution is 2.50. The molecule has 0 amide bonds. The molecule has 1 unspecified atom stereocenters. The molecule has 0 bridgehead atoms. The molecule has 3 aromatic heterocycles. The van der Waals surface area contributed by atoms with Crippen LogP contribution in [-0.2, 0) is 46.1 Å². The van der Waals surface area contributed by atoms with Gasteiger partial charge in [-0.25, -0.2) is 33.7 Å². The zero-order valence-electron chi connectivity index (χ0n) is 32.3. The number of anilines is 2. The minimum atomic E-state index is -5.13. The maximum atomic E-state index is 13.9. The van der Waals surface area contributed by atoms with Gasteiger partial charge in [-0.2, -0.15) is 4.98 Å². The highest BCUT2D eigenvalue weighted by molar-refractivity contribution is 7.47. The van der Waals surface area contributed by atoms with Gasteiger partial charge in [0, 0.05) is 12.6 Å². The Balaban J connectivity index is 1.37. The Morgan fingerprint density at radius 1 is 1.05 bits per heavy atom. The van der Waals surface area contributed by atoms with Crippen LogP contribution in [0.4, 0.5) is 11.6 Å². The minimum Gasteiger partial charge on any atom is -0.453 e. The van der Waals surface area contributed by atoms with E-state index in [1.165, 1.54) is 29.5 Å². The molecule has 57 heavy (non-hydrogen) atoms. The number of hydrogen-bond donors (Lipinski definition) is 6. The molecule has 8 N–H and O–H groups in total. The molecule has 9 atom stereocenters. The van der Waals surface area contributed by atoms with Gasteiger partial charge in [0.2, 0.25) is 0 Å². The first kappa shape index (κ1) is 44.9. The number of nitrogens with zero attached hydrogens (tertiary/aromatic N) is 6. The van der Waals surface area contributed by atoms with Crippen molar-refractivity contribution in [3.8, 4) is 0 Å². The fraction of sp³-hybridized carbons (Fsp3) is 0.677. The predicted octanol–water partition coefficient (Wildman–Crippen LogP) is 1.75. The topological polar surface area (TPSA) is 327 Å². The predicted molar refractivity (Wildman–Crippen MR) is 201 cm³/mol. The van der Waals surface area contributed by atoms with E-state index in [1.54, 1.807) is 0 Å². The number of carbonyl (C=O) groups is 1. The molecule has 0 aliphatic carbocycles. The first-order chi connectivity index (χ1) is 26.4. The first-order valence-corrected chi connectivity index (χ1v) is 23.8. The van der Waals surface area contributed by atoms with E-state index in [1.807, 2.05) is 47.7 Å². The maximum Gasteiger partial charge on any atom is 0.472 e. The summed E-state index contributed by atoms with van der Waals surface area (Å²) in [4.78, 5) is 71.8. The molecule has 0 radical (unpaired) electrons. The minimum absolute atomic E-state index is 0.0255. The number of hydrogen-bond acceptors (Lipinski definition) is 18. The quantitative estimate of drug-likeness (QED) is 0.0678. The van der Waals surface area contributed by atoms with Crippen molar-refractivity contribution in [2.24, 2.45) is 5.92 Å². The van der Waals surface area contributed by atoms with Crippen LogP contribution >= 0.6 is 15.6 Å². The Kier molecular flexibility index (Phi) is 13.5. The molecule has 0 saturated carbocycles. The summed E-state index contributed by atoms with van der Waals surface area (Å²) in [5, 5.41) is 11.4. The van der Waals surface area contributed by atoms with Crippen molar-refractivity contribution in [3.05, 3.63) is 35.4 Å². The lowest BCUT2D eigenvalue weighted by Crippen LogP contribution is -2.48. The van der Waals surface area contributed by atoms with E-state index in [9.17, 15) is 38.5 Å². The summed E-state index contributed by atoms with van der Waals surface area (Å²) in [5.41, 5.74) is 11.1. The molecule has 2 fully saturated rings. The number of aliphatic hydroxyl groups excluding tert-OH is 1. The van der Waals surface area contributed by atoms with Crippen molar-refractivity contribution in [1.29, 1.82) is 0 Å². The number of ether oxygens (including phenoxy) is 3. The molecule has 2 saturated heterocycles. The van der Waals surface area contributed by atoms with E-state index >= 15 is 0 Å². The zero-order valence-corrected chi connectivity index (χ0v) is 35.1. The van der Waals surface area contributed by atoms with Gasteiger partial charge in [0.05, 0.1) is 19.5 Å². The van der Waals surface area contributed by atoms with E-state index in [4.69, 9.17) is 39.2 Å². The van der Waals surface area contributed by atoms with Gasteiger partial charge in [0.15, 0.2) is 32.1 Å². The van der Waals surface area contributed by atoms with Crippen LogP contribution in [0.25, 0.3) is 11.2 Å². The van der Waals surface area contributed by atoms with Crippen molar-refractivity contribution in [2.75, 3.05) is 24.7 Å². The van der Waals surface area contributed by atoms with Gasteiger partial charge in [-0.3, -0.25) is 22.7 Å². The summed E-state index contributed by atoms with van der Waals surface area (Å²) in [5.74, 6) is -0.778. The summed E-state index contributed by atoms with van der Waals surface area (Å²) in [6.07, 6.45) is -7.14. The highest BCUT2D eigenvalue weighted by Gasteiger charge is 2.51. The van der Waals surface area contributed by atoms with Crippen LogP contribution in [0.5, 0.6) is 0 Å². The van der Waals surface area contributed by atoms with Crippen LogP contribution in [-0.4, -0.2) is 113 Å². The number of imidazole rings is 1. The largest absolute Gasteiger partial charge is 0.472 e. The lowest BCUT2D eigenvalue weighted by atomic mass is 10.1. The second kappa shape index (κ2) is 17.2. The molecule has 0 spiro atoms. The molecular formula is C31H50N8O15P2Si. The number of aromatic nitrogens is 6. The van der Waals surface area contributed by atoms with Gasteiger partial charge in [0.25, 0.3) is 0 Å². The molecule has 5 rings (SSSR count). The second-order valence-corrected chi connectivity index (χ2v) is 23.0. The lowest BCUT2D eigenvalue weighted by Gasteiger charge is -2.39. The molecule has 23 nitrogen and oxygen atoms in total. The maximum absolute atomic E-state index is 13.9. The van der Waals surface area contributed by atoms with E-state index in [0.717, 1.165) is 4.57 Å². The van der Waals surface area contributed by atoms with Crippen LogP contribution in [0, 0.1) is 5.92 Å². The van der Waals surface area contributed by atoms with Gasteiger partial charge in [-0.15, -0.1) is 0 Å². The van der Waals surface area contributed by atoms with Crippen LogP contribution in [0.3, 0.4) is 0 Å².